The highest BCUT2D eigenvalue weighted by molar-refractivity contribution is 6.30. The second-order valence-electron chi connectivity index (χ2n) is 5.72. The molecule has 1 aromatic heterocycles. The minimum Gasteiger partial charge on any atom is -0.272 e. The molecule has 3 aromatic rings. The third-order valence-electron chi connectivity index (χ3n) is 3.95. The molecule has 0 radical (unpaired) electrons. The van der Waals surface area contributed by atoms with Gasteiger partial charge in [-0.25, -0.2) is 4.99 Å². The van der Waals surface area contributed by atoms with Crippen LogP contribution in [0.5, 0.6) is 0 Å². The fraction of sp³-hybridized carbons (Fsp3) is 0.105. The number of hydrogen-bond acceptors (Lipinski definition) is 3. The highest BCUT2D eigenvalue weighted by atomic mass is 35.5. The summed E-state index contributed by atoms with van der Waals surface area (Å²) in [5.74, 6) is 0.535. The number of carbonyl (C=O) groups is 1. The van der Waals surface area contributed by atoms with Crippen molar-refractivity contribution in [2.45, 2.75) is 12.8 Å². The van der Waals surface area contributed by atoms with Crippen LogP contribution >= 0.6 is 11.6 Å². The Hall–Kier alpha value is -2.72. The summed E-state index contributed by atoms with van der Waals surface area (Å²) < 4.78 is 1.39. The summed E-state index contributed by atoms with van der Waals surface area (Å²) in [5.41, 5.74) is 3.64. The van der Waals surface area contributed by atoms with E-state index in [0.717, 1.165) is 22.5 Å². The molecule has 0 spiro atoms. The fourth-order valence-electron chi connectivity index (χ4n) is 2.78. The lowest BCUT2D eigenvalue weighted by molar-refractivity contribution is 0.0906. The second kappa shape index (κ2) is 6.06. The van der Waals surface area contributed by atoms with Crippen molar-refractivity contribution in [2.75, 3.05) is 0 Å². The fourth-order valence-corrected chi connectivity index (χ4v) is 2.91. The number of halogens is 1. The number of rotatable bonds is 3. The van der Waals surface area contributed by atoms with Gasteiger partial charge < -0.3 is 0 Å². The topological polar surface area (TPSA) is 47.2 Å². The highest BCUT2D eigenvalue weighted by Crippen LogP contribution is 2.28. The number of carbonyl (C=O) groups excluding carboxylic acids is 1. The molecule has 0 N–H and O–H groups in total. The van der Waals surface area contributed by atoms with Gasteiger partial charge in [0.1, 0.15) is 0 Å². The van der Waals surface area contributed by atoms with E-state index in [1.165, 1.54) is 4.68 Å². The Balaban J connectivity index is 1.67. The number of fused-ring (bicyclic) bond motifs is 1. The van der Waals surface area contributed by atoms with E-state index in [1.807, 2.05) is 48.5 Å². The molecule has 0 saturated heterocycles. The minimum atomic E-state index is -0.0499. The number of hydrogen-bond donors (Lipinski definition) is 0. The van der Waals surface area contributed by atoms with Gasteiger partial charge in [-0.1, -0.05) is 54.1 Å². The normalized spacial score (nSPS) is 13.5. The lowest BCUT2D eigenvalue weighted by Crippen LogP contribution is -2.22. The zero-order valence-electron chi connectivity index (χ0n) is 12.8. The van der Waals surface area contributed by atoms with Crippen LogP contribution < -0.4 is 0 Å². The molecule has 5 heteroatoms. The van der Waals surface area contributed by atoms with Crippen molar-refractivity contribution in [3.8, 4) is 11.3 Å². The van der Waals surface area contributed by atoms with Crippen LogP contribution in [-0.2, 0) is 6.42 Å². The van der Waals surface area contributed by atoms with Crippen LogP contribution in [-0.4, -0.2) is 21.4 Å². The van der Waals surface area contributed by atoms with Gasteiger partial charge >= 0.3 is 0 Å². The molecule has 118 valence electrons. The summed E-state index contributed by atoms with van der Waals surface area (Å²) in [4.78, 5) is 17.0. The molecule has 0 atom stereocenters. The number of benzene rings is 2. The van der Waals surface area contributed by atoms with Gasteiger partial charge in [-0.3, -0.25) is 4.79 Å². The second-order valence-corrected chi connectivity index (χ2v) is 6.15. The Kier molecular flexibility index (Phi) is 3.75. The molecular formula is C19H14ClN3O. The summed E-state index contributed by atoms with van der Waals surface area (Å²) in [5, 5.41) is 5.06. The first-order valence-electron chi connectivity index (χ1n) is 7.68. The van der Waals surface area contributed by atoms with Crippen LogP contribution in [0.15, 0.2) is 65.7 Å². The van der Waals surface area contributed by atoms with Crippen molar-refractivity contribution >= 4 is 29.0 Å². The average Bonchev–Trinajstić information content (AvgIpc) is 3.01. The Morgan fingerprint density at radius 2 is 1.79 bits per heavy atom. The lowest BCUT2D eigenvalue weighted by atomic mass is 10.1. The zero-order valence-corrected chi connectivity index (χ0v) is 13.6. The third kappa shape index (κ3) is 2.88. The van der Waals surface area contributed by atoms with Crippen LogP contribution in [0.1, 0.15) is 16.8 Å². The van der Waals surface area contributed by atoms with Gasteiger partial charge in [-0.05, 0) is 17.7 Å². The maximum atomic E-state index is 12.4. The number of aromatic nitrogens is 2. The first-order valence-corrected chi connectivity index (χ1v) is 8.06. The van der Waals surface area contributed by atoms with Crippen LogP contribution in [0.2, 0.25) is 5.02 Å². The van der Waals surface area contributed by atoms with Gasteiger partial charge in [0, 0.05) is 28.8 Å². The highest BCUT2D eigenvalue weighted by Gasteiger charge is 2.22. The van der Waals surface area contributed by atoms with E-state index in [0.29, 0.717) is 23.7 Å². The van der Waals surface area contributed by atoms with Crippen molar-refractivity contribution in [3.05, 3.63) is 71.2 Å². The van der Waals surface area contributed by atoms with Gasteiger partial charge in [-0.15, -0.1) is 0 Å². The van der Waals surface area contributed by atoms with Crippen molar-refractivity contribution < 1.29 is 4.79 Å². The predicted octanol–water partition coefficient (Wildman–Crippen LogP) is 4.56. The van der Waals surface area contributed by atoms with E-state index in [-0.39, 0.29) is 5.91 Å². The molecule has 0 saturated carbocycles. The van der Waals surface area contributed by atoms with Gasteiger partial charge in [0.25, 0.3) is 5.91 Å². The molecule has 0 amide bonds. The Bertz CT molecular complexity index is 927. The molecule has 1 aliphatic rings. The smallest absolute Gasteiger partial charge is 0.254 e. The summed E-state index contributed by atoms with van der Waals surface area (Å²) in [6, 6.07) is 19.3. The molecule has 24 heavy (non-hydrogen) atoms. The van der Waals surface area contributed by atoms with E-state index in [2.05, 4.69) is 10.1 Å². The van der Waals surface area contributed by atoms with E-state index >= 15 is 0 Å². The lowest BCUT2D eigenvalue weighted by Gasteiger charge is -2.12. The molecule has 0 aliphatic carbocycles. The first-order chi connectivity index (χ1) is 11.7. The Labute approximate surface area is 144 Å². The minimum absolute atomic E-state index is 0.0499. The molecule has 1 aliphatic heterocycles. The summed E-state index contributed by atoms with van der Waals surface area (Å²) in [6.45, 7) is 0. The zero-order chi connectivity index (χ0) is 16.5. The SMILES string of the molecule is O=C1CC(Cc2ccccc2)=Nc2cc(-c3ccc(Cl)cc3)nn21. The predicted molar refractivity (Wildman–Crippen MR) is 95.2 cm³/mol. The molecule has 4 rings (SSSR count). The Morgan fingerprint density at radius 3 is 2.54 bits per heavy atom. The van der Waals surface area contributed by atoms with E-state index < -0.39 is 0 Å². The largest absolute Gasteiger partial charge is 0.272 e. The van der Waals surface area contributed by atoms with Crippen molar-refractivity contribution in [1.82, 2.24) is 9.78 Å². The molecule has 0 unspecified atom stereocenters. The van der Waals surface area contributed by atoms with Gasteiger partial charge in [-0.2, -0.15) is 9.78 Å². The van der Waals surface area contributed by atoms with Crippen LogP contribution in [0.25, 0.3) is 11.3 Å². The molecule has 0 fully saturated rings. The number of aliphatic imine (C=N–C) groups is 1. The molecule has 4 nitrogen and oxygen atoms in total. The van der Waals surface area contributed by atoms with Crippen LogP contribution in [0, 0.1) is 0 Å². The summed E-state index contributed by atoms with van der Waals surface area (Å²) >= 11 is 5.92. The molecule has 2 aromatic carbocycles. The maximum Gasteiger partial charge on any atom is 0.254 e. The van der Waals surface area contributed by atoms with Gasteiger partial charge in [0.05, 0.1) is 12.1 Å². The van der Waals surface area contributed by atoms with Crippen molar-refractivity contribution in [3.63, 3.8) is 0 Å². The van der Waals surface area contributed by atoms with Gasteiger partial charge in [0.2, 0.25) is 0 Å². The van der Waals surface area contributed by atoms with Crippen molar-refractivity contribution in [2.24, 2.45) is 4.99 Å². The average molecular weight is 336 g/mol. The summed E-state index contributed by atoms with van der Waals surface area (Å²) in [6.07, 6.45) is 0.970. The molecule has 2 heterocycles. The van der Waals surface area contributed by atoms with Crippen molar-refractivity contribution in [1.29, 1.82) is 0 Å². The Morgan fingerprint density at radius 1 is 1.04 bits per heavy atom. The third-order valence-corrected chi connectivity index (χ3v) is 4.20. The number of nitrogens with zero attached hydrogens (tertiary/aromatic N) is 3. The quantitative estimate of drug-likeness (QED) is 0.704. The standard InChI is InChI=1S/C19H14ClN3O/c20-15-8-6-14(7-9-15)17-12-18-21-16(11-19(24)23(18)22-17)10-13-4-2-1-3-5-13/h1-9,12H,10-11H2. The molecular weight excluding hydrogens is 322 g/mol. The van der Waals surface area contributed by atoms with Crippen LogP contribution in [0.4, 0.5) is 5.82 Å². The van der Waals surface area contributed by atoms with Gasteiger partial charge in [0.15, 0.2) is 5.82 Å². The molecule has 0 bridgehead atoms. The van der Waals surface area contributed by atoms with E-state index in [9.17, 15) is 4.79 Å². The monoisotopic (exact) mass is 335 g/mol. The summed E-state index contributed by atoms with van der Waals surface area (Å²) in [7, 11) is 0. The van der Waals surface area contributed by atoms with E-state index in [1.54, 1.807) is 12.1 Å². The van der Waals surface area contributed by atoms with Crippen LogP contribution in [0.3, 0.4) is 0 Å². The maximum absolute atomic E-state index is 12.4. The first kappa shape index (κ1) is 14.8. The van der Waals surface area contributed by atoms with E-state index in [4.69, 9.17) is 11.6 Å².